The van der Waals surface area contributed by atoms with E-state index in [0.717, 1.165) is 13.0 Å². The molecule has 62 valence electrons. The molecule has 3 nitrogen and oxygen atoms in total. The van der Waals surface area contributed by atoms with E-state index in [0.29, 0.717) is 25.3 Å². The van der Waals surface area contributed by atoms with Crippen LogP contribution >= 0.6 is 0 Å². The minimum absolute atomic E-state index is 0.0804. The first-order valence-electron chi connectivity index (χ1n) is 4.24. The number of hydrogen-bond donors (Lipinski definition) is 1. The number of ketones is 1. The van der Waals surface area contributed by atoms with E-state index in [-0.39, 0.29) is 5.54 Å². The maximum atomic E-state index is 11.1. The Morgan fingerprint density at radius 3 is 3.09 bits per heavy atom. The second-order valence-corrected chi connectivity index (χ2v) is 3.67. The molecule has 2 rings (SSSR count). The van der Waals surface area contributed by atoms with Gasteiger partial charge < -0.3 is 5.73 Å². The van der Waals surface area contributed by atoms with Crippen LogP contribution in [0, 0.1) is 0 Å². The van der Waals surface area contributed by atoms with Crippen molar-refractivity contribution in [1.82, 2.24) is 4.90 Å². The van der Waals surface area contributed by atoms with E-state index in [1.54, 1.807) is 0 Å². The molecule has 2 N–H and O–H groups in total. The topological polar surface area (TPSA) is 46.3 Å². The minimum atomic E-state index is 0.0804. The van der Waals surface area contributed by atoms with Gasteiger partial charge in [-0.2, -0.15) is 0 Å². The third kappa shape index (κ3) is 0.914. The highest BCUT2D eigenvalue weighted by molar-refractivity contribution is 5.84. The Labute approximate surface area is 66.5 Å². The number of nitrogens with two attached hydrogens (primary N) is 1. The van der Waals surface area contributed by atoms with Crippen molar-refractivity contribution in [2.24, 2.45) is 5.73 Å². The summed E-state index contributed by atoms with van der Waals surface area (Å²) in [5.41, 5.74) is 5.76. The number of Topliss-reactive ketones (excluding diaryl/α,β-unsaturated/α-hetero) is 1. The van der Waals surface area contributed by atoms with Crippen molar-refractivity contribution in [3.05, 3.63) is 0 Å². The average molecular weight is 154 g/mol. The first kappa shape index (κ1) is 7.25. The highest BCUT2D eigenvalue weighted by Gasteiger charge is 2.46. The molecule has 0 radical (unpaired) electrons. The highest BCUT2D eigenvalue weighted by Crippen LogP contribution is 2.35. The van der Waals surface area contributed by atoms with Gasteiger partial charge in [-0.05, 0) is 19.4 Å². The molecule has 0 amide bonds. The van der Waals surface area contributed by atoms with Crippen molar-refractivity contribution in [2.45, 2.75) is 24.8 Å². The Kier molecular flexibility index (Phi) is 1.51. The molecule has 2 aliphatic heterocycles. The fourth-order valence-corrected chi connectivity index (χ4v) is 2.38. The van der Waals surface area contributed by atoms with E-state index in [4.69, 9.17) is 5.73 Å². The SMILES string of the molecule is NC[C@@]12CCCN1CC(=O)C2. The first-order chi connectivity index (χ1) is 5.27. The van der Waals surface area contributed by atoms with E-state index < -0.39 is 0 Å². The van der Waals surface area contributed by atoms with Gasteiger partial charge in [-0.1, -0.05) is 0 Å². The molecule has 2 saturated heterocycles. The van der Waals surface area contributed by atoms with E-state index in [1.807, 2.05) is 0 Å². The summed E-state index contributed by atoms with van der Waals surface area (Å²) in [4.78, 5) is 13.4. The lowest BCUT2D eigenvalue weighted by atomic mass is 9.94. The highest BCUT2D eigenvalue weighted by atomic mass is 16.1. The fourth-order valence-electron chi connectivity index (χ4n) is 2.38. The number of fused-ring (bicyclic) bond motifs is 1. The van der Waals surface area contributed by atoms with Gasteiger partial charge in [-0.25, -0.2) is 0 Å². The Bertz CT molecular complexity index is 193. The molecule has 0 aromatic carbocycles. The maximum absolute atomic E-state index is 11.1. The van der Waals surface area contributed by atoms with Crippen LogP contribution in [0.2, 0.25) is 0 Å². The Balaban J connectivity index is 2.21. The van der Waals surface area contributed by atoms with Crippen LogP contribution in [-0.2, 0) is 4.79 Å². The lowest BCUT2D eigenvalue weighted by Gasteiger charge is -2.28. The number of carbonyl (C=O) groups is 1. The van der Waals surface area contributed by atoms with Crippen molar-refractivity contribution in [3.8, 4) is 0 Å². The predicted molar refractivity (Wildman–Crippen MR) is 42.2 cm³/mol. The molecule has 0 aliphatic carbocycles. The second-order valence-electron chi connectivity index (χ2n) is 3.67. The number of carbonyl (C=O) groups excluding carboxylic acids is 1. The van der Waals surface area contributed by atoms with Crippen molar-refractivity contribution < 1.29 is 4.79 Å². The standard InChI is InChI=1S/C8H14N2O/c9-6-8-2-1-3-10(8)5-7(11)4-8/h1-6,9H2/t8-/m0/s1. The lowest BCUT2D eigenvalue weighted by molar-refractivity contribution is -0.117. The van der Waals surface area contributed by atoms with Crippen molar-refractivity contribution in [1.29, 1.82) is 0 Å². The van der Waals surface area contributed by atoms with Crippen LogP contribution in [0.4, 0.5) is 0 Å². The normalized spacial score (nSPS) is 38.1. The van der Waals surface area contributed by atoms with Crippen molar-refractivity contribution in [2.75, 3.05) is 19.6 Å². The zero-order valence-corrected chi connectivity index (χ0v) is 6.68. The third-order valence-electron chi connectivity index (χ3n) is 3.01. The van der Waals surface area contributed by atoms with Gasteiger partial charge in [0.1, 0.15) is 5.78 Å². The van der Waals surface area contributed by atoms with Gasteiger partial charge in [0.2, 0.25) is 0 Å². The van der Waals surface area contributed by atoms with Crippen molar-refractivity contribution >= 4 is 5.78 Å². The Hall–Kier alpha value is -0.410. The number of hydrogen-bond acceptors (Lipinski definition) is 3. The molecule has 0 spiro atoms. The summed E-state index contributed by atoms with van der Waals surface area (Å²) < 4.78 is 0. The molecular formula is C8H14N2O. The van der Waals surface area contributed by atoms with Crippen LogP contribution < -0.4 is 5.73 Å². The zero-order chi connectivity index (χ0) is 7.90. The molecule has 2 aliphatic rings. The van der Waals surface area contributed by atoms with E-state index >= 15 is 0 Å². The van der Waals surface area contributed by atoms with Gasteiger partial charge in [0.05, 0.1) is 6.54 Å². The molecule has 0 bridgehead atoms. The largest absolute Gasteiger partial charge is 0.329 e. The van der Waals surface area contributed by atoms with Gasteiger partial charge in [0, 0.05) is 18.5 Å². The molecule has 2 heterocycles. The summed E-state index contributed by atoms with van der Waals surface area (Å²) in [6, 6.07) is 0. The van der Waals surface area contributed by atoms with Gasteiger partial charge in [-0.15, -0.1) is 0 Å². The van der Waals surface area contributed by atoms with Gasteiger partial charge in [0.15, 0.2) is 0 Å². The monoisotopic (exact) mass is 154 g/mol. The second kappa shape index (κ2) is 2.29. The van der Waals surface area contributed by atoms with Crippen LogP contribution in [-0.4, -0.2) is 35.9 Å². The van der Waals surface area contributed by atoms with Crippen LogP contribution in [0.3, 0.4) is 0 Å². The van der Waals surface area contributed by atoms with Crippen LogP contribution in [0.25, 0.3) is 0 Å². The van der Waals surface area contributed by atoms with Crippen LogP contribution in [0.1, 0.15) is 19.3 Å². The Morgan fingerprint density at radius 1 is 1.64 bits per heavy atom. The molecule has 2 fully saturated rings. The van der Waals surface area contributed by atoms with Gasteiger partial charge in [-0.3, -0.25) is 9.69 Å². The van der Waals surface area contributed by atoms with Gasteiger partial charge >= 0.3 is 0 Å². The van der Waals surface area contributed by atoms with E-state index in [2.05, 4.69) is 4.90 Å². The smallest absolute Gasteiger partial charge is 0.148 e. The third-order valence-corrected chi connectivity index (χ3v) is 3.01. The van der Waals surface area contributed by atoms with Crippen molar-refractivity contribution in [3.63, 3.8) is 0 Å². The zero-order valence-electron chi connectivity index (χ0n) is 6.68. The predicted octanol–water partition coefficient (Wildman–Crippen LogP) is -0.248. The van der Waals surface area contributed by atoms with Crippen LogP contribution in [0.5, 0.6) is 0 Å². The van der Waals surface area contributed by atoms with E-state index in [1.165, 1.54) is 6.42 Å². The molecule has 0 saturated carbocycles. The van der Waals surface area contributed by atoms with Crippen LogP contribution in [0.15, 0.2) is 0 Å². The Morgan fingerprint density at radius 2 is 2.45 bits per heavy atom. The molecule has 11 heavy (non-hydrogen) atoms. The summed E-state index contributed by atoms with van der Waals surface area (Å²) in [6.45, 7) is 2.37. The average Bonchev–Trinajstić information content (AvgIpc) is 2.43. The number of nitrogens with zero attached hydrogens (tertiary/aromatic N) is 1. The summed E-state index contributed by atoms with van der Waals surface area (Å²) >= 11 is 0. The summed E-state index contributed by atoms with van der Waals surface area (Å²) in [6.07, 6.45) is 3.03. The summed E-state index contributed by atoms with van der Waals surface area (Å²) in [7, 11) is 0. The molecule has 1 atom stereocenters. The molecule has 3 heteroatoms. The molecule has 0 aromatic rings. The maximum Gasteiger partial charge on any atom is 0.148 e. The fraction of sp³-hybridized carbons (Fsp3) is 0.875. The minimum Gasteiger partial charge on any atom is -0.329 e. The van der Waals surface area contributed by atoms with Gasteiger partial charge in [0.25, 0.3) is 0 Å². The molecule has 0 unspecified atom stereocenters. The number of rotatable bonds is 1. The summed E-state index contributed by atoms with van der Waals surface area (Å²) in [5, 5.41) is 0. The first-order valence-corrected chi connectivity index (χ1v) is 4.24. The molecular weight excluding hydrogens is 140 g/mol. The summed E-state index contributed by atoms with van der Waals surface area (Å²) in [5.74, 6) is 0.371. The quantitative estimate of drug-likeness (QED) is 0.566. The van der Waals surface area contributed by atoms with E-state index in [9.17, 15) is 4.79 Å². The molecule has 0 aromatic heterocycles. The lowest BCUT2D eigenvalue weighted by Crippen LogP contribution is -2.44.